The lowest BCUT2D eigenvalue weighted by Gasteiger charge is -2.21. The number of anilines is 2. The quantitative estimate of drug-likeness (QED) is 0.815. The van der Waals surface area contributed by atoms with Crippen molar-refractivity contribution in [3.63, 3.8) is 0 Å². The predicted molar refractivity (Wildman–Crippen MR) is 84.6 cm³/mol. The third-order valence-corrected chi connectivity index (χ3v) is 6.22. The minimum absolute atomic E-state index is 0.0339. The normalized spacial score (nSPS) is 11.9. The number of nitrogens with zero attached hydrogens (tertiary/aromatic N) is 1. The molecule has 0 saturated heterocycles. The summed E-state index contributed by atoms with van der Waals surface area (Å²) in [6, 6.07) is 0. The monoisotopic (exact) mass is 318 g/mol. The largest absolute Gasteiger partial charge is 0.396 e. The zero-order chi connectivity index (χ0) is 15.7. The number of Topliss-reactive ketones (excluding diaryl/α,β-unsaturated/α-hetero) is 1. The highest BCUT2D eigenvalue weighted by Crippen LogP contribution is 2.42. The van der Waals surface area contributed by atoms with E-state index in [4.69, 9.17) is 5.73 Å². The number of thiophene rings is 1. The Morgan fingerprint density at radius 3 is 2.35 bits per heavy atom. The summed E-state index contributed by atoms with van der Waals surface area (Å²) in [5.41, 5.74) is 6.01. The molecule has 114 valence electrons. The van der Waals surface area contributed by atoms with Gasteiger partial charge in [-0.05, 0) is 5.92 Å². The van der Waals surface area contributed by atoms with Crippen LogP contribution in [0, 0.1) is 5.92 Å². The summed E-state index contributed by atoms with van der Waals surface area (Å²) >= 11 is 1.16. The zero-order valence-electron chi connectivity index (χ0n) is 12.6. The van der Waals surface area contributed by atoms with Crippen LogP contribution in [0.3, 0.4) is 0 Å². The second kappa shape index (κ2) is 6.13. The number of rotatable bonds is 6. The molecule has 0 amide bonds. The molecular weight excluding hydrogens is 296 g/mol. The summed E-state index contributed by atoms with van der Waals surface area (Å²) in [6.07, 6.45) is 0. The van der Waals surface area contributed by atoms with Crippen LogP contribution in [0.4, 0.5) is 10.7 Å². The second-order valence-electron chi connectivity index (χ2n) is 5.21. The van der Waals surface area contributed by atoms with Crippen LogP contribution in [0.15, 0.2) is 4.90 Å². The van der Waals surface area contributed by atoms with E-state index >= 15 is 0 Å². The van der Waals surface area contributed by atoms with Crippen molar-refractivity contribution in [2.24, 2.45) is 5.92 Å². The fraction of sp³-hybridized carbons (Fsp3) is 0.615. The molecule has 1 rings (SSSR count). The van der Waals surface area contributed by atoms with E-state index in [0.29, 0.717) is 22.3 Å². The molecule has 0 unspecified atom stereocenters. The maximum atomic E-state index is 12.3. The van der Waals surface area contributed by atoms with Crippen molar-refractivity contribution in [2.45, 2.75) is 32.6 Å². The molecule has 1 aromatic rings. The van der Waals surface area contributed by atoms with E-state index in [1.54, 1.807) is 6.92 Å². The van der Waals surface area contributed by atoms with Gasteiger partial charge >= 0.3 is 0 Å². The highest BCUT2D eigenvalue weighted by molar-refractivity contribution is 7.92. The van der Waals surface area contributed by atoms with Crippen molar-refractivity contribution in [1.29, 1.82) is 0 Å². The molecule has 5 nitrogen and oxygen atoms in total. The van der Waals surface area contributed by atoms with Crippen molar-refractivity contribution in [3.8, 4) is 0 Å². The Balaban J connectivity index is 3.50. The van der Waals surface area contributed by atoms with E-state index < -0.39 is 9.84 Å². The molecule has 0 radical (unpaired) electrons. The van der Waals surface area contributed by atoms with E-state index in [-0.39, 0.29) is 22.1 Å². The van der Waals surface area contributed by atoms with Crippen LogP contribution in [0.2, 0.25) is 0 Å². The van der Waals surface area contributed by atoms with Crippen LogP contribution < -0.4 is 10.6 Å². The Morgan fingerprint density at radius 1 is 1.40 bits per heavy atom. The number of hydrogen-bond donors (Lipinski definition) is 1. The summed E-state index contributed by atoms with van der Waals surface area (Å²) in [5.74, 6) is 0.138. The van der Waals surface area contributed by atoms with E-state index in [1.165, 1.54) is 6.92 Å². The first-order valence-corrected chi connectivity index (χ1v) is 8.95. The number of carbonyl (C=O) groups excluding carboxylic acids is 1. The predicted octanol–water partition coefficient (Wildman–Crippen LogP) is 2.42. The van der Waals surface area contributed by atoms with Crippen molar-refractivity contribution in [3.05, 3.63) is 4.88 Å². The molecule has 1 aromatic heterocycles. The van der Waals surface area contributed by atoms with E-state index in [9.17, 15) is 13.2 Å². The minimum Gasteiger partial charge on any atom is -0.396 e. The number of nitrogens with two attached hydrogens (primary N) is 1. The molecule has 0 fully saturated rings. The van der Waals surface area contributed by atoms with Gasteiger partial charge in [-0.15, -0.1) is 11.3 Å². The Hall–Kier alpha value is -1.08. The molecular formula is C13H22N2O3S2. The number of carbonyl (C=O) groups is 1. The van der Waals surface area contributed by atoms with Gasteiger partial charge in [0.2, 0.25) is 0 Å². The van der Waals surface area contributed by atoms with Gasteiger partial charge in [0.25, 0.3) is 0 Å². The molecule has 0 bridgehead atoms. The second-order valence-corrected chi connectivity index (χ2v) is 8.43. The van der Waals surface area contributed by atoms with Crippen molar-refractivity contribution >= 4 is 37.6 Å². The molecule has 7 heteroatoms. The van der Waals surface area contributed by atoms with Gasteiger partial charge in [-0.1, -0.05) is 20.8 Å². The van der Waals surface area contributed by atoms with Gasteiger partial charge in [0.1, 0.15) is 9.90 Å². The topological polar surface area (TPSA) is 80.5 Å². The van der Waals surface area contributed by atoms with Gasteiger partial charge in [0.05, 0.1) is 16.3 Å². The first-order chi connectivity index (χ1) is 9.11. The summed E-state index contributed by atoms with van der Waals surface area (Å²) in [6.45, 7) is 7.77. The summed E-state index contributed by atoms with van der Waals surface area (Å²) in [7, 11) is -1.64. The number of ketones is 1. The molecule has 2 N–H and O–H groups in total. The number of nitrogen functional groups attached to an aromatic ring is 1. The van der Waals surface area contributed by atoms with Crippen molar-refractivity contribution < 1.29 is 13.2 Å². The van der Waals surface area contributed by atoms with Crippen LogP contribution in [0.25, 0.3) is 0 Å². The smallest absolute Gasteiger partial charge is 0.183 e. The van der Waals surface area contributed by atoms with E-state index in [1.807, 2.05) is 25.8 Å². The lowest BCUT2D eigenvalue weighted by molar-refractivity contribution is 0.102. The Bertz CT molecular complexity index is 603. The molecule has 0 spiro atoms. The minimum atomic E-state index is -3.46. The summed E-state index contributed by atoms with van der Waals surface area (Å²) in [5, 5.41) is 0.559. The van der Waals surface area contributed by atoms with Crippen LogP contribution in [0.1, 0.15) is 37.4 Å². The molecule has 20 heavy (non-hydrogen) atoms. The van der Waals surface area contributed by atoms with Crippen molar-refractivity contribution in [2.75, 3.05) is 30.0 Å². The lowest BCUT2D eigenvalue weighted by atomic mass is 10.2. The van der Waals surface area contributed by atoms with Crippen LogP contribution in [-0.4, -0.2) is 33.5 Å². The molecule has 1 heterocycles. The maximum Gasteiger partial charge on any atom is 0.183 e. The Morgan fingerprint density at radius 2 is 1.95 bits per heavy atom. The molecule has 0 aliphatic rings. The van der Waals surface area contributed by atoms with Crippen LogP contribution in [0.5, 0.6) is 0 Å². The molecule has 0 aliphatic carbocycles. The summed E-state index contributed by atoms with van der Waals surface area (Å²) in [4.78, 5) is 13.9. The van der Waals surface area contributed by atoms with E-state index in [0.717, 1.165) is 11.3 Å². The van der Waals surface area contributed by atoms with Gasteiger partial charge < -0.3 is 10.6 Å². The average Bonchev–Trinajstić information content (AvgIpc) is 2.66. The molecule has 0 aromatic carbocycles. The Labute approximate surface area is 124 Å². The van der Waals surface area contributed by atoms with Crippen molar-refractivity contribution in [1.82, 2.24) is 0 Å². The zero-order valence-corrected chi connectivity index (χ0v) is 14.2. The van der Waals surface area contributed by atoms with Gasteiger partial charge in [-0.3, -0.25) is 4.79 Å². The highest BCUT2D eigenvalue weighted by Gasteiger charge is 2.29. The average molecular weight is 318 g/mol. The maximum absolute atomic E-state index is 12.3. The van der Waals surface area contributed by atoms with Gasteiger partial charge in [-0.25, -0.2) is 8.42 Å². The fourth-order valence-corrected chi connectivity index (χ4v) is 4.70. The molecule has 0 atom stereocenters. The van der Waals surface area contributed by atoms with Gasteiger partial charge in [-0.2, -0.15) is 0 Å². The number of sulfone groups is 1. The van der Waals surface area contributed by atoms with Gasteiger partial charge in [0, 0.05) is 20.5 Å². The summed E-state index contributed by atoms with van der Waals surface area (Å²) < 4.78 is 24.5. The SMILES string of the molecule is CCS(=O)(=O)c1c(N(C)CC(C)C)sc(C(C)=O)c1N. The highest BCUT2D eigenvalue weighted by atomic mass is 32.2. The van der Waals surface area contributed by atoms with E-state index in [2.05, 4.69) is 0 Å². The first kappa shape index (κ1) is 17.0. The first-order valence-electron chi connectivity index (χ1n) is 6.48. The number of hydrogen-bond acceptors (Lipinski definition) is 6. The standard InChI is InChI=1S/C13H22N2O3S2/c1-6-20(17,18)12-10(14)11(9(4)16)19-13(12)15(5)7-8(2)3/h8H,6-7,14H2,1-5H3. The third kappa shape index (κ3) is 3.32. The van der Waals surface area contributed by atoms with Crippen LogP contribution in [-0.2, 0) is 9.84 Å². The lowest BCUT2D eigenvalue weighted by Crippen LogP contribution is -2.23. The Kier molecular flexibility index (Phi) is 5.21. The molecule has 0 saturated carbocycles. The van der Waals surface area contributed by atoms with Gasteiger partial charge in [0.15, 0.2) is 15.6 Å². The molecule has 0 aliphatic heterocycles. The third-order valence-electron chi connectivity index (χ3n) is 2.88. The fourth-order valence-electron chi connectivity index (χ4n) is 2.00. The van der Waals surface area contributed by atoms with Crippen LogP contribution >= 0.6 is 11.3 Å².